The third kappa shape index (κ3) is 7.52. The molecule has 150 valence electrons. The number of aromatic nitrogens is 1. The zero-order chi connectivity index (χ0) is 19.9. The Labute approximate surface area is 159 Å². The lowest BCUT2D eigenvalue weighted by molar-refractivity contribution is 0.0490. The molecule has 1 amide bonds. The highest BCUT2D eigenvalue weighted by Gasteiger charge is 2.21. The molecule has 0 radical (unpaired) electrons. The fourth-order valence-corrected chi connectivity index (χ4v) is 2.47. The summed E-state index contributed by atoms with van der Waals surface area (Å²) >= 11 is 0. The molecule has 1 aromatic rings. The van der Waals surface area contributed by atoms with Gasteiger partial charge in [0.25, 0.3) is 0 Å². The van der Waals surface area contributed by atoms with Crippen molar-refractivity contribution in [3.8, 4) is 5.88 Å². The number of hydrogen-bond donors (Lipinski definition) is 2. The van der Waals surface area contributed by atoms with Gasteiger partial charge in [0.2, 0.25) is 5.88 Å². The molecule has 0 spiro atoms. The molecule has 7 nitrogen and oxygen atoms in total. The quantitative estimate of drug-likeness (QED) is 0.789. The SMILES string of the molecule is CC1COCC(c2cccc(OCC(=CF)CNC(=O)OC(C)(C)C)n2)N1. The van der Waals surface area contributed by atoms with E-state index in [4.69, 9.17) is 14.2 Å². The maximum absolute atomic E-state index is 13.1. The van der Waals surface area contributed by atoms with E-state index in [1.807, 2.05) is 19.1 Å². The summed E-state index contributed by atoms with van der Waals surface area (Å²) in [5, 5.41) is 5.91. The van der Waals surface area contributed by atoms with Gasteiger partial charge in [0.05, 0.1) is 31.3 Å². The van der Waals surface area contributed by atoms with Crippen molar-refractivity contribution in [1.29, 1.82) is 0 Å². The summed E-state index contributed by atoms with van der Waals surface area (Å²) in [6, 6.07) is 5.66. The second-order valence-electron chi connectivity index (χ2n) is 7.47. The van der Waals surface area contributed by atoms with Gasteiger partial charge in [-0.3, -0.25) is 0 Å². The molecule has 0 bridgehead atoms. The molecule has 8 heteroatoms. The first-order valence-electron chi connectivity index (χ1n) is 8.95. The molecule has 0 aromatic carbocycles. The topological polar surface area (TPSA) is 81.7 Å². The minimum atomic E-state index is -0.612. The van der Waals surface area contributed by atoms with Crippen molar-refractivity contribution in [3.63, 3.8) is 0 Å². The summed E-state index contributed by atoms with van der Waals surface area (Å²) in [5.74, 6) is 0.379. The first-order valence-corrected chi connectivity index (χ1v) is 8.95. The molecule has 1 fully saturated rings. The van der Waals surface area contributed by atoms with Gasteiger partial charge in [0.1, 0.15) is 12.2 Å². The molecule has 1 aliphatic rings. The van der Waals surface area contributed by atoms with Crippen molar-refractivity contribution in [2.75, 3.05) is 26.4 Å². The maximum atomic E-state index is 13.1. The Morgan fingerprint density at radius 1 is 1.44 bits per heavy atom. The van der Waals surface area contributed by atoms with E-state index in [2.05, 4.69) is 15.6 Å². The van der Waals surface area contributed by atoms with Crippen molar-refractivity contribution in [2.24, 2.45) is 0 Å². The Hall–Kier alpha value is -2.19. The van der Waals surface area contributed by atoms with Gasteiger partial charge in [-0.2, -0.15) is 0 Å². The predicted octanol–water partition coefficient (Wildman–Crippen LogP) is 2.89. The van der Waals surface area contributed by atoms with Gasteiger partial charge < -0.3 is 24.8 Å². The monoisotopic (exact) mass is 381 g/mol. The van der Waals surface area contributed by atoms with Gasteiger partial charge in [-0.15, -0.1) is 0 Å². The van der Waals surface area contributed by atoms with Gasteiger partial charge in [-0.05, 0) is 33.8 Å². The molecule has 1 aromatic heterocycles. The van der Waals surface area contributed by atoms with Crippen LogP contribution in [0, 0.1) is 0 Å². The Balaban J connectivity index is 1.85. The molecule has 2 N–H and O–H groups in total. The summed E-state index contributed by atoms with van der Waals surface area (Å²) in [4.78, 5) is 16.1. The number of nitrogens with one attached hydrogen (secondary N) is 2. The second-order valence-corrected chi connectivity index (χ2v) is 7.47. The number of amides is 1. The predicted molar refractivity (Wildman–Crippen MR) is 99.3 cm³/mol. The fraction of sp³-hybridized carbons (Fsp3) is 0.579. The minimum absolute atomic E-state index is 0.0117. The normalized spacial score (nSPS) is 20.9. The lowest BCUT2D eigenvalue weighted by atomic mass is 10.1. The fourth-order valence-electron chi connectivity index (χ4n) is 2.47. The molecular formula is C19H28FN3O4. The van der Waals surface area contributed by atoms with Crippen LogP contribution in [0.3, 0.4) is 0 Å². The number of morpholine rings is 1. The van der Waals surface area contributed by atoms with Crippen molar-refractivity contribution < 1.29 is 23.4 Å². The Morgan fingerprint density at radius 3 is 2.89 bits per heavy atom. The van der Waals surface area contributed by atoms with E-state index in [0.717, 1.165) is 5.69 Å². The average Bonchev–Trinajstić information content (AvgIpc) is 2.60. The highest BCUT2D eigenvalue weighted by Crippen LogP contribution is 2.18. The highest BCUT2D eigenvalue weighted by molar-refractivity contribution is 5.68. The lowest BCUT2D eigenvalue weighted by Crippen LogP contribution is -2.42. The molecule has 27 heavy (non-hydrogen) atoms. The third-order valence-electron chi connectivity index (χ3n) is 3.66. The van der Waals surface area contributed by atoms with Gasteiger partial charge >= 0.3 is 6.09 Å². The molecule has 2 heterocycles. The Kier molecular flexibility index (Phi) is 7.55. The van der Waals surface area contributed by atoms with Gasteiger partial charge in [0, 0.05) is 24.2 Å². The van der Waals surface area contributed by atoms with E-state index in [-0.39, 0.29) is 30.8 Å². The van der Waals surface area contributed by atoms with E-state index in [9.17, 15) is 9.18 Å². The zero-order valence-electron chi connectivity index (χ0n) is 16.3. The largest absolute Gasteiger partial charge is 0.473 e. The average molecular weight is 381 g/mol. The van der Waals surface area contributed by atoms with Gasteiger partial charge in [-0.25, -0.2) is 14.2 Å². The standard InChI is InChI=1S/C19H28FN3O4/c1-13-10-25-12-16(22-13)15-6-5-7-17(23-15)26-11-14(8-20)9-21-18(24)27-19(2,3)4/h5-8,13,16,22H,9-12H2,1-4H3,(H,21,24). The smallest absolute Gasteiger partial charge is 0.407 e. The molecule has 2 atom stereocenters. The number of alkyl carbamates (subject to hydrolysis) is 1. The van der Waals surface area contributed by atoms with E-state index in [0.29, 0.717) is 25.4 Å². The number of nitrogens with zero attached hydrogens (tertiary/aromatic N) is 1. The molecule has 2 unspecified atom stereocenters. The van der Waals surface area contributed by atoms with Crippen molar-refractivity contribution in [3.05, 3.63) is 35.8 Å². The zero-order valence-corrected chi connectivity index (χ0v) is 16.3. The number of carbonyl (C=O) groups is 1. The van der Waals surface area contributed by atoms with Crippen LogP contribution < -0.4 is 15.4 Å². The summed E-state index contributed by atoms with van der Waals surface area (Å²) in [6.07, 6.45) is -0.196. The van der Waals surface area contributed by atoms with E-state index < -0.39 is 11.7 Å². The van der Waals surface area contributed by atoms with Gasteiger partial charge in [0.15, 0.2) is 0 Å². The third-order valence-corrected chi connectivity index (χ3v) is 3.66. The first kappa shape index (κ1) is 21.1. The molecular weight excluding hydrogens is 353 g/mol. The number of carbonyl (C=O) groups excluding carboxylic acids is 1. The summed E-state index contributed by atoms with van der Waals surface area (Å²) in [7, 11) is 0. The number of rotatable bonds is 6. The number of pyridine rings is 1. The van der Waals surface area contributed by atoms with Crippen LogP contribution >= 0.6 is 0 Å². The molecule has 1 saturated heterocycles. The summed E-state index contributed by atoms with van der Waals surface area (Å²) < 4.78 is 29.3. The maximum Gasteiger partial charge on any atom is 0.407 e. The van der Waals surface area contributed by atoms with Crippen LogP contribution in [0.15, 0.2) is 30.1 Å². The Morgan fingerprint density at radius 2 is 2.22 bits per heavy atom. The van der Waals surface area contributed by atoms with E-state index in [1.165, 1.54) is 0 Å². The Bertz CT molecular complexity index is 661. The van der Waals surface area contributed by atoms with Crippen LogP contribution in [0.1, 0.15) is 39.4 Å². The molecule has 0 saturated carbocycles. The van der Waals surface area contributed by atoms with Gasteiger partial charge in [-0.1, -0.05) is 6.07 Å². The first-order chi connectivity index (χ1) is 12.8. The summed E-state index contributed by atoms with van der Waals surface area (Å²) in [5.41, 5.74) is 0.455. The van der Waals surface area contributed by atoms with Crippen LogP contribution in [0.4, 0.5) is 9.18 Å². The van der Waals surface area contributed by atoms with Crippen LogP contribution in [0.2, 0.25) is 0 Å². The van der Waals surface area contributed by atoms with E-state index >= 15 is 0 Å². The van der Waals surface area contributed by atoms with Crippen molar-refractivity contribution in [2.45, 2.75) is 45.4 Å². The molecule has 2 rings (SSSR count). The highest BCUT2D eigenvalue weighted by atomic mass is 19.1. The number of halogens is 1. The van der Waals surface area contributed by atoms with Crippen LogP contribution in [-0.4, -0.2) is 49.1 Å². The lowest BCUT2D eigenvalue weighted by Gasteiger charge is -2.28. The van der Waals surface area contributed by atoms with E-state index in [1.54, 1.807) is 26.8 Å². The molecule has 1 aliphatic heterocycles. The second kappa shape index (κ2) is 9.66. The summed E-state index contributed by atoms with van der Waals surface area (Å²) in [6.45, 7) is 8.47. The molecule has 0 aliphatic carbocycles. The van der Waals surface area contributed by atoms with Crippen LogP contribution in [0.25, 0.3) is 0 Å². The number of hydrogen-bond acceptors (Lipinski definition) is 6. The number of ether oxygens (including phenoxy) is 3. The van der Waals surface area contributed by atoms with Crippen LogP contribution in [-0.2, 0) is 9.47 Å². The van der Waals surface area contributed by atoms with Crippen molar-refractivity contribution >= 4 is 6.09 Å². The van der Waals surface area contributed by atoms with Crippen LogP contribution in [0.5, 0.6) is 5.88 Å². The van der Waals surface area contributed by atoms with Crippen molar-refractivity contribution in [1.82, 2.24) is 15.6 Å². The minimum Gasteiger partial charge on any atom is -0.473 e.